The van der Waals surface area contributed by atoms with Crippen LogP contribution in [0.2, 0.25) is 0 Å². The Kier molecular flexibility index (Phi) is 6.01. The van der Waals surface area contributed by atoms with Gasteiger partial charge in [-0.15, -0.1) is 0 Å². The topological polar surface area (TPSA) is 55.4 Å². The molecule has 0 amide bonds. The molecule has 0 aliphatic carbocycles. The van der Waals surface area contributed by atoms with Crippen LogP contribution in [0.25, 0.3) is 0 Å². The second kappa shape index (κ2) is 8.00. The van der Waals surface area contributed by atoms with Gasteiger partial charge in [0, 0.05) is 6.07 Å². The van der Waals surface area contributed by atoms with Crippen molar-refractivity contribution in [3.05, 3.63) is 59.7 Å². The molecule has 1 N–H and O–H groups in total. The highest BCUT2D eigenvalue weighted by atomic mass is 32.2. The minimum atomic E-state index is -4.42. The van der Waals surface area contributed by atoms with Gasteiger partial charge in [0.05, 0.1) is 6.54 Å². The van der Waals surface area contributed by atoms with Crippen molar-refractivity contribution in [2.24, 2.45) is 0 Å². The molecule has 4 nitrogen and oxygen atoms in total. The minimum Gasteiger partial charge on any atom is -0.478 e. The molecule has 25 heavy (non-hydrogen) atoms. The molecule has 0 bridgehead atoms. The third-order valence-electron chi connectivity index (χ3n) is 2.86. The van der Waals surface area contributed by atoms with E-state index in [0.29, 0.717) is 6.07 Å². The molecule has 0 heterocycles. The highest BCUT2D eigenvalue weighted by Crippen LogP contribution is 2.18. The Morgan fingerprint density at radius 1 is 0.960 bits per heavy atom. The largest absolute Gasteiger partial charge is 0.478 e. The van der Waals surface area contributed by atoms with E-state index in [1.165, 1.54) is 0 Å². The van der Waals surface area contributed by atoms with Gasteiger partial charge in [-0.1, -0.05) is 17.9 Å². The SMILES string of the molecule is O=S(=O)(NCC#CCOc1ccc(F)cc1F)c1c(F)cccc1F. The molecule has 0 saturated heterocycles. The molecule has 132 valence electrons. The summed E-state index contributed by atoms with van der Waals surface area (Å²) >= 11 is 0. The van der Waals surface area contributed by atoms with Crippen LogP contribution < -0.4 is 9.46 Å². The van der Waals surface area contributed by atoms with E-state index in [1.807, 2.05) is 4.72 Å². The maximum absolute atomic E-state index is 13.5. The molecule has 0 spiro atoms. The van der Waals surface area contributed by atoms with Crippen LogP contribution in [0.3, 0.4) is 0 Å². The van der Waals surface area contributed by atoms with Crippen molar-refractivity contribution in [3.63, 3.8) is 0 Å². The lowest BCUT2D eigenvalue weighted by Gasteiger charge is -2.06. The van der Waals surface area contributed by atoms with Crippen LogP contribution in [-0.2, 0) is 10.0 Å². The summed E-state index contributed by atoms with van der Waals surface area (Å²) in [4.78, 5) is -1.10. The summed E-state index contributed by atoms with van der Waals surface area (Å²) < 4.78 is 83.4. The summed E-state index contributed by atoms with van der Waals surface area (Å²) in [7, 11) is -4.42. The average molecular weight is 373 g/mol. The summed E-state index contributed by atoms with van der Waals surface area (Å²) in [5.74, 6) is 0.392. The summed E-state index contributed by atoms with van der Waals surface area (Å²) in [5.41, 5.74) is 0. The molecule has 9 heteroatoms. The monoisotopic (exact) mass is 373 g/mol. The summed E-state index contributed by atoms with van der Waals surface area (Å²) in [5, 5.41) is 0. The van der Waals surface area contributed by atoms with E-state index < -0.39 is 44.7 Å². The van der Waals surface area contributed by atoms with Crippen LogP contribution in [0.15, 0.2) is 41.3 Å². The van der Waals surface area contributed by atoms with Crippen molar-refractivity contribution in [2.75, 3.05) is 13.2 Å². The number of halogens is 4. The van der Waals surface area contributed by atoms with Crippen molar-refractivity contribution in [2.45, 2.75) is 4.90 Å². The Labute approximate surface area is 141 Å². The highest BCUT2D eigenvalue weighted by molar-refractivity contribution is 7.89. The van der Waals surface area contributed by atoms with Crippen molar-refractivity contribution in [1.82, 2.24) is 4.72 Å². The van der Waals surface area contributed by atoms with Gasteiger partial charge in [0.1, 0.15) is 24.1 Å². The normalized spacial score (nSPS) is 10.9. The molecular weight excluding hydrogens is 362 g/mol. The first-order valence-corrected chi connectivity index (χ1v) is 8.27. The van der Waals surface area contributed by atoms with Gasteiger partial charge in [-0.05, 0) is 24.3 Å². The molecule has 2 aromatic carbocycles. The van der Waals surface area contributed by atoms with E-state index in [-0.39, 0.29) is 12.4 Å². The zero-order valence-corrected chi connectivity index (χ0v) is 13.3. The molecule has 0 radical (unpaired) electrons. The van der Waals surface area contributed by atoms with Crippen molar-refractivity contribution in [1.29, 1.82) is 0 Å². The van der Waals surface area contributed by atoms with Gasteiger partial charge in [-0.3, -0.25) is 0 Å². The summed E-state index contributed by atoms with van der Waals surface area (Å²) in [6, 6.07) is 5.39. The first kappa shape index (κ1) is 18.8. The van der Waals surface area contributed by atoms with E-state index in [4.69, 9.17) is 4.74 Å². The zero-order chi connectivity index (χ0) is 18.4. The number of benzene rings is 2. The summed E-state index contributed by atoms with van der Waals surface area (Å²) in [6.07, 6.45) is 0. The smallest absolute Gasteiger partial charge is 0.247 e. The zero-order valence-electron chi connectivity index (χ0n) is 12.5. The first-order valence-electron chi connectivity index (χ1n) is 6.78. The van der Waals surface area contributed by atoms with Crippen LogP contribution in [0.5, 0.6) is 5.75 Å². The molecule has 0 aliphatic rings. The van der Waals surface area contributed by atoms with E-state index in [9.17, 15) is 26.0 Å². The maximum Gasteiger partial charge on any atom is 0.247 e. The highest BCUT2D eigenvalue weighted by Gasteiger charge is 2.22. The fourth-order valence-electron chi connectivity index (χ4n) is 1.76. The maximum atomic E-state index is 13.5. The van der Waals surface area contributed by atoms with E-state index in [0.717, 1.165) is 30.3 Å². The predicted molar refractivity (Wildman–Crippen MR) is 81.2 cm³/mol. The summed E-state index contributed by atoms with van der Waals surface area (Å²) in [6.45, 7) is -0.732. The molecule has 2 rings (SSSR count). The van der Waals surface area contributed by atoms with E-state index >= 15 is 0 Å². The van der Waals surface area contributed by atoms with Gasteiger partial charge in [0.25, 0.3) is 0 Å². The Morgan fingerprint density at radius 3 is 2.28 bits per heavy atom. The lowest BCUT2D eigenvalue weighted by Crippen LogP contribution is -2.26. The Morgan fingerprint density at radius 2 is 1.64 bits per heavy atom. The van der Waals surface area contributed by atoms with Crippen LogP contribution in [0, 0.1) is 35.1 Å². The molecule has 0 aromatic heterocycles. The molecule has 0 aliphatic heterocycles. The fourth-order valence-corrected chi connectivity index (χ4v) is 2.82. The molecular formula is C16H11F4NO3S. The molecule has 2 aromatic rings. The number of hydrogen-bond acceptors (Lipinski definition) is 3. The van der Waals surface area contributed by atoms with E-state index in [2.05, 4.69) is 11.8 Å². The third-order valence-corrected chi connectivity index (χ3v) is 4.31. The van der Waals surface area contributed by atoms with Crippen molar-refractivity contribution < 1.29 is 30.7 Å². The average Bonchev–Trinajstić information content (AvgIpc) is 2.52. The van der Waals surface area contributed by atoms with Gasteiger partial charge >= 0.3 is 0 Å². The number of hydrogen-bond donors (Lipinski definition) is 1. The Hall–Kier alpha value is -2.57. The lowest BCUT2D eigenvalue weighted by atomic mass is 10.3. The number of nitrogens with one attached hydrogen (secondary N) is 1. The van der Waals surface area contributed by atoms with Gasteiger partial charge in [-0.2, -0.15) is 4.72 Å². The quantitative estimate of drug-likeness (QED) is 0.648. The van der Waals surface area contributed by atoms with E-state index in [1.54, 1.807) is 0 Å². The van der Waals surface area contributed by atoms with Gasteiger partial charge < -0.3 is 4.74 Å². The molecule has 0 fully saturated rings. The fraction of sp³-hybridized carbons (Fsp3) is 0.125. The molecule has 0 atom stereocenters. The first-order chi connectivity index (χ1) is 11.8. The van der Waals surface area contributed by atoms with Crippen LogP contribution in [0.1, 0.15) is 0 Å². The third kappa shape index (κ3) is 4.95. The second-order valence-electron chi connectivity index (χ2n) is 4.59. The molecule has 0 unspecified atom stereocenters. The second-order valence-corrected chi connectivity index (χ2v) is 6.30. The van der Waals surface area contributed by atoms with Crippen LogP contribution in [0.4, 0.5) is 17.6 Å². The number of rotatable bonds is 5. The van der Waals surface area contributed by atoms with Crippen LogP contribution >= 0.6 is 0 Å². The van der Waals surface area contributed by atoms with Gasteiger partial charge in [-0.25, -0.2) is 26.0 Å². The Balaban J connectivity index is 1.92. The standard InChI is InChI=1S/C16H11F4NO3S/c17-11-6-7-15(14(20)10-11)24-9-2-1-8-21-25(22,23)16-12(18)4-3-5-13(16)19/h3-7,10,21H,8-9H2. The van der Waals surface area contributed by atoms with Crippen molar-refractivity contribution >= 4 is 10.0 Å². The predicted octanol–water partition coefficient (Wildman–Crippen LogP) is 2.60. The number of sulfonamides is 1. The van der Waals surface area contributed by atoms with Crippen LogP contribution in [-0.4, -0.2) is 21.6 Å². The van der Waals surface area contributed by atoms with Gasteiger partial charge in [0.2, 0.25) is 10.0 Å². The van der Waals surface area contributed by atoms with Crippen molar-refractivity contribution in [3.8, 4) is 17.6 Å². The number of ether oxygens (including phenoxy) is 1. The van der Waals surface area contributed by atoms with Gasteiger partial charge in [0.15, 0.2) is 16.5 Å². The minimum absolute atomic E-state index is 0.218. The Bertz CT molecular complexity index is 916. The molecule has 0 saturated carbocycles. The lowest BCUT2D eigenvalue weighted by molar-refractivity contribution is 0.346.